The van der Waals surface area contributed by atoms with Gasteiger partial charge < -0.3 is 10.2 Å². The zero-order valence-corrected chi connectivity index (χ0v) is 15.3. The molecule has 2 aliphatic heterocycles. The average molecular weight is 373 g/mol. The largest absolute Gasteiger partial charge is 0.408 e. The summed E-state index contributed by atoms with van der Waals surface area (Å²) in [6.07, 6.45) is -3.25. The fourth-order valence-corrected chi connectivity index (χ4v) is 3.89. The molecule has 1 N–H and O–H groups in total. The van der Waals surface area contributed by atoms with Crippen LogP contribution in [0.5, 0.6) is 0 Å². The summed E-state index contributed by atoms with van der Waals surface area (Å²) in [7, 11) is 0. The Labute approximate surface area is 151 Å². The third-order valence-electron chi connectivity index (χ3n) is 5.37. The zero-order chi connectivity index (χ0) is 18.9. The van der Waals surface area contributed by atoms with E-state index in [1.165, 1.54) is 0 Å². The number of aromatic nitrogens is 2. The molecule has 26 heavy (non-hydrogen) atoms. The molecule has 9 heteroatoms. The van der Waals surface area contributed by atoms with Crippen molar-refractivity contribution in [1.82, 2.24) is 24.9 Å². The van der Waals surface area contributed by atoms with Crippen LogP contribution in [0.3, 0.4) is 0 Å². The summed E-state index contributed by atoms with van der Waals surface area (Å²) in [4.78, 5) is 16.9. The maximum atomic E-state index is 12.7. The van der Waals surface area contributed by atoms with Crippen LogP contribution in [0.1, 0.15) is 23.4 Å². The van der Waals surface area contributed by atoms with Crippen molar-refractivity contribution in [2.24, 2.45) is 0 Å². The van der Waals surface area contributed by atoms with Crippen LogP contribution < -0.4 is 5.32 Å². The van der Waals surface area contributed by atoms with Gasteiger partial charge in [-0.15, -0.1) is 0 Å². The third-order valence-corrected chi connectivity index (χ3v) is 5.37. The fraction of sp³-hybridized carbons (Fsp3) is 0.765. The van der Waals surface area contributed by atoms with E-state index in [-0.39, 0.29) is 12.3 Å². The van der Waals surface area contributed by atoms with Crippen LogP contribution in [-0.4, -0.2) is 77.0 Å². The first-order valence-corrected chi connectivity index (χ1v) is 9.07. The molecule has 3 heterocycles. The number of hydrogen-bond acceptors (Lipinski definition) is 4. The van der Waals surface area contributed by atoms with Crippen molar-refractivity contribution >= 4 is 5.91 Å². The van der Waals surface area contributed by atoms with Crippen molar-refractivity contribution in [2.75, 3.05) is 39.3 Å². The Balaban J connectivity index is 1.61. The summed E-state index contributed by atoms with van der Waals surface area (Å²) in [5, 5.41) is 7.30. The monoisotopic (exact) mass is 373 g/mol. The highest BCUT2D eigenvalue weighted by molar-refractivity contribution is 5.79. The van der Waals surface area contributed by atoms with E-state index >= 15 is 0 Å². The molecule has 1 aromatic heterocycles. The summed E-state index contributed by atoms with van der Waals surface area (Å²) in [6.45, 7) is 7.49. The lowest BCUT2D eigenvalue weighted by atomic mass is 10.1. The number of carbonyl (C=O) groups is 1. The van der Waals surface area contributed by atoms with Crippen molar-refractivity contribution < 1.29 is 18.0 Å². The Kier molecular flexibility index (Phi) is 5.57. The molecule has 0 bridgehead atoms. The summed E-state index contributed by atoms with van der Waals surface area (Å²) in [5.41, 5.74) is 1.54. The molecule has 0 saturated carbocycles. The van der Waals surface area contributed by atoms with E-state index in [1.54, 1.807) is 13.8 Å². The highest BCUT2D eigenvalue weighted by Gasteiger charge is 2.33. The van der Waals surface area contributed by atoms with Crippen LogP contribution in [0.15, 0.2) is 0 Å². The molecule has 1 amide bonds. The second-order valence-corrected chi connectivity index (χ2v) is 7.17. The van der Waals surface area contributed by atoms with Gasteiger partial charge in [-0.25, -0.2) is 0 Å². The molecule has 1 aromatic rings. The number of amides is 1. The number of nitrogens with one attached hydrogen (secondary N) is 1. The van der Waals surface area contributed by atoms with Crippen LogP contribution >= 0.6 is 0 Å². The summed E-state index contributed by atoms with van der Waals surface area (Å²) >= 11 is 0. The minimum absolute atomic E-state index is 0.0274. The van der Waals surface area contributed by atoms with Crippen LogP contribution in [0.2, 0.25) is 0 Å². The third kappa shape index (κ3) is 4.37. The molecule has 3 rings (SSSR count). The molecular weight excluding hydrogens is 347 g/mol. The molecule has 0 aromatic carbocycles. The van der Waals surface area contributed by atoms with Gasteiger partial charge in [0.05, 0.1) is 12.1 Å². The molecule has 1 atom stereocenters. The van der Waals surface area contributed by atoms with Gasteiger partial charge in [0.15, 0.2) is 0 Å². The van der Waals surface area contributed by atoms with Crippen LogP contribution in [0.25, 0.3) is 0 Å². The molecule has 0 aliphatic carbocycles. The molecular formula is C17H26F3N5O. The van der Waals surface area contributed by atoms with Gasteiger partial charge >= 0.3 is 6.18 Å². The maximum absolute atomic E-state index is 12.7. The average Bonchev–Trinajstić information content (AvgIpc) is 3.16. The number of alkyl halides is 3. The Hall–Kier alpha value is -1.61. The molecule has 1 unspecified atom stereocenters. The van der Waals surface area contributed by atoms with Gasteiger partial charge in [0.25, 0.3) is 0 Å². The molecule has 2 aliphatic rings. The standard InChI is InChI=1S/C17H26F3N5O/c1-12-15(13(2)25(22-12)11-17(18,19)20)9-16(26)24-6-3-14(10-24)23-7-4-21-5-8-23/h14,21H,3-11H2,1-2H3. The van der Waals surface area contributed by atoms with Gasteiger partial charge in [0, 0.05) is 56.6 Å². The summed E-state index contributed by atoms with van der Waals surface area (Å²) in [6, 6.07) is 0.385. The van der Waals surface area contributed by atoms with Crippen molar-refractivity contribution in [2.45, 2.75) is 45.5 Å². The van der Waals surface area contributed by atoms with Crippen molar-refractivity contribution in [3.63, 3.8) is 0 Å². The number of nitrogens with zero attached hydrogens (tertiary/aromatic N) is 4. The minimum atomic E-state index is -4.32. The Bertz CT molecular complexity index is 652. The second-order valence-electron chi connectivity index (χ2n) is 7.17. The molecule has 6 nitrogen and oxygen atoms in total. The van der Waals surface area contributed by atoms with Crippen molar-refractivity contribution in [3.05, 3.63) is 17.0 Å². The molecule has 0 spiro atoms. The van der Waals surface area contributed by atoms with E-state index in [0.717, 1.165) is 37.3 Å². The Morgan fingerprint density at radius 2 is 1.92 bits per heavy atom. The Morgan fingerprint density at radius 1 is 1.23 bits per heavy atom. The predicted octanol–water partition coefficient (Wildman–Crippen LogP) is 1.11. The van der Waals surface area contributed by atoms with Gasteiger partial charge in [-0.05, 0) is 20.3 Å². The maximum Gasteiger partial charge on any atom is 0.408 e. The topological polar surface area (TPSA) is 53.4 Å². The number of hydrogen-bond donors (Lipinski definition) is 1. The molecule has 2 fully saturated rings. The summed E-state index contributed by atoms with van der Waals surface area (Å²) < 4.78 is 38.9. The number of aryl methyl sites for hydroxylation is 1. The van der Waals surface area contributed by atoms with Crippen LogP contribution in [0, 0.1) is 13.8 Å². The number of piperazine rings is 1. The fourth-order valence-electron chi connectivity index (χ4n) is 3.89. The van der Waals surface area contributed by atoms with E-state index in [4.69, 9.17) is 0 Å². The number of carbonyl (C=O) groups excluding carboxylic acids is 1. The minimum Gasteiger partial charge on any atom is -0.341 e. The lowest BCUT2D eigenvalue weighted by molar-refractivity contribution is -0.143. The smallest absolute Gasteiger partial charge is 0.341 e. The predicted molar refractivity (Wildman–Crippen MR) is 90.9 cm³/mol. The first kappa shape index (κ1) is 19.2. The van der Waals surface area contributed by atoms with E-state index in [0.29, 0.717) is 36.1 Å². The highest BCUT2D eigenvalue weighted by atomic mass is 19.4. The Morgan fingerprint density at radius 3 is 2.58 bits per heavy atom. The van der Waals surface area contributed by atoms with Crippen molar-refractivity contribution in [1.29, 1.82) is 0 Å². The normalized spacial score (nSPS) is 22.2. The van der Waals surface area contributed by atoms with E-state index < -0.39 is 12.7 Å². The van der Waals surface area contributed by atoms with Gasteiger partial charge in [-0.3, -0.25) is 14.4 Å². The van der Waals surface area contributed by atoms with Crippen LogP contribution in [-0.2, 0) is 17.8 Å². The lowest BCUT2D eigenvalue weighted by Gasteiger charge is -2.32. The molecule has 2 saturated heterocycles. The van der Waals surface area contributed by atoms with Gasteiger partial charge in [-0.2, -0.15) is 18.3 Å². The quantitative estimate of drug-likeness (QED) is 0.859. The van der Waals surface area contributed by atoms with Gasteiger partial charge in [0.2, 0.25) is 5.91 Å². The molecule has 146 valence electrons. The number of halogens is 3. The van der Waals surface area contributed by atoms with E-state index in [9.17, 15) is 18.0 Å². The van der Waals surface area contributed by atoms with Crippen molar-refractivity contribution in [3.8, 4) is 0 Å². The summed E-state index contributed by atoms with van der Waals surface area (Å²) in [5.74, 6) is -0.0274. The highest BCUT2D eigenvalue weighted by Crippen LogP contribution is 2.23. The van der Waals surface area contributed by atoms with Gasteiger partial charge in [-0.1, -0.05) is 0 Å². The SMILES string of the molecule is Cc1nn(CC(F)(F)F)c(C)c1CC(=O)N1CCC(N2CCNCC2)C1. The first-order chi connectivity index (χ1) is 12.2. The van der Waals surface area contributed by atoms with Crippen LogP contribution in [0.4, 0.5) is 13.2 Å². The molecule has 0 radical (unpaired) electrons. The van der Waals surface area contributed by atoms with E-state index in [2.05, 4.69) is 15.3 Å². The first-order valence-electron chi connectivity index (χ1n) is 9.07. The second kappa shape index (κ2) is 7.56. The lowest BCUT2D eigenvalue weighted by Crippen LogP contribution is -2.49. The van der Waals surface area contributed by atoms with Gasteiger partial charge in [0.1, 0.15) is 6.54 Å². The zero-order valence-electron chi connectivity index (χ0n) is 15.3. The number of rotatable bonds is 4. The number of likely N-dealkylation sites (tertiary alicyclic amines) is 1. The van der Waals surface area contributed by atoms with E-state index in [1.807, 2.05) is 4.90 Å².